The highest BCUT2D eigenvalue weighted by atomic mass is 32.2. The first kappa shape index (κ1) is 20.0. The number of amidine groups is 1. The molecule has 0 saturated carbocycles. The van der Waals surface area contributed by atoms with E-state index in [9.17, 15) is 4.79 Å². The Labute approximate surface area is 169 Å². The summed E-state index contributed by atoms with van der Waals surface area (Å²) >= 11 is 1.11. The lowest BCUT2D eigenvalue weighted by Gasteiger charge is -2.16. The third-order valence-electron chi connectivity index (χ3n) is 4.53. The van der Waals surface area contributed by atoms with Crippen LogP contribution in [0.15, 0.2) is 53.4 Å². The van der Waals surface area contributed by atoms with E-state index in [-0.39, 0.29) is 11.1 Å². The molecule has 146 valence electrons. The number of ether oxygens (including phenoxy) is 2. The Balaban J connectivity index is 1.62. The smallest absolute Gasteiger partial charge is 0.264 e. The van der Waals surface area contributed by atoms with E-state index in [2.05, 4.69) is 25.2 Å². The summed E-state index contributed by atoms with van der Waals surface area (Å²) in [6, 6.07) is 15.6. The average Bonchev–Trinajstić information content (AvgIpc) is 3.03. The Hall–Kier alpha value is -2.73. The van der Waals surface area contributed by atoms with E-state index in [1.54, 1.807) is 6.08 Å². The first-order valence-electron chi connectivity index (χ1n) is 9.31. The van der Waals surface area contributed by atoms with Crippen LogP contribution in [0, 0.1) is 5.41 Å². The van der Waals surface area contributed by atoms with Crippen LogP contribution in [0.2, 0.25) is 0 Å². The molecule has 0 spiro atoms. The SMILES string of the molecule is CCC(C)c1ccccc1OCCOc1ccccc1/C=C1\SC(=N)NC1=O. The second-order valence-electron chi connectivity index (χ2n) is 6.48. The Bertz CT molecular complexity index is 895. The van der Waals surface area contributed by atoms with Gasteiger partial charge in [0.15, 0.2) is 5.17 Å². The van der Waals surface area contributed by atoms with Crippen LogP contribution in [0.1, 0.15) is 37.3 Å². The maximum absolute atomic E-state index is 11.8. The van der Waals surface area contributed by atoms with Crippen LogP contribution < -0.4 is 14.8 Å². The third-order valence-corrected chi connectivity index (χ3v) is 5.36. The summed E-state index contributed by atoms with van der Waals surface area (Å²) in [4.78, 5) is 12.3. The van der Waals surface area contributed by atoms with Gasteiger partial charge in [-0.15, -0.1) is 0 Å². The van der Waals surface area contributed by atoms with E-state index >= 15 is 0 Å². The molecule has 2 aromatic carbocycles. The van der Waals surface area contributed by atoms with Crippen LogP contribution in [0.5, 0.6) is 11.5 Å². The van der Waals surface area contributed by atoms with Crippen LogP contribution in [0.25, 0.3) is 6.08 Å². The highest BCUT2D eigenvalue weighted by Gasteiger charge is 2.22. The first-order valence-corrected chi connectivity index (χ1v) is 10.1. The lowest BCUT2D eigenvalue weighted by molar-refractivity contribution is -0.115. The largest absolute Gasteiger partial charge is 0.490 e. The van der Waals surface area contributed by atoms with Crippen LogP contribution in [0.3, 0.4) is 0 Å². The summed E-state index contributed by atoms with van der Waals surface area (Å²) in [6.45, 7) is 5.18. The van der Waals surface area contributed by atoms with E-state index in [0.717, 1.165) is 29.5 Å². The van der Waals surface area contributed by atoms with Gasteiger partial charge in [-0.25, -0.2) is 0 Å². The molecule has 1 amide bonds. The number of thioether (sulfide) groups is 1. The van der Waals surface area contributed by atoms with Gasteiger partial charge in [0.05, 0.1) is 4.91 Å². The molecule has 1 atom stereocenters. The Kier molecular flexibility index (Phi) is 6.76. The van der Waals surface area contributed by atoms with Gasteiger partial charge in [-0.05, 0) is 47.9 Å². The molecule has 1 unspecified atom stereocenters. The Morgan fingerprint density at radius 2 is 1.71 bits per heavy atom. The predicted octanol–water partition coefficient (Wildman–Crippen LogP) is 4.80. The maximum Gasteiger partial charge on any atom is 0.264 e. The zero-order valence-electron chi connectivity index (χ0n) is 16.0. The minimum atomic E-state index is -0.255. The number of carbonyl (C=O) groups excluding carboxylic acids is 1. The second kappa shape index (κ2) is 9.46. The van der Waals surface area contributed by atoms with Gasteiger partial charge in [-0.1, -0.05) is 50.2 Å². The lowest BCUT2D eigenvalue weighted by Crippen LogP contribution is -2.18. The zero-order chi connectivity index (χ0) is 19.9. The number of hydrogen-bond donors (Lipinski definition) is 2. The normalized spacial score (nSPS) is 16.1. The van der Waals surface area contributed by atoms with Gasteiger partial charge < -0.3 is 14.8 Å². The standard InChI is InChI=1S/C22H24N2O3S/c1-3-15(2)17-9-5-7-11-19(17)27-13-12-26-18-10-6-4-8-16(18)14-20-21(25)24-22(23)28-20/h4-11,14-15H,3,12-13H2,1-2H3,(H2,23,24,25)/b20-14-. The molecule has 0 bridgehead atoms. The van der Waals surface area contributed by atoms with E-state index < -0.39 is 0 Å². The van der Waals surface area contributed by atoms with Crippen molar-refractivity contribution in [1.82, 2.24) is 5.32 Å². The molecule has 5 nitrogen and oxygen atoms in total. The molecule has 2 N–H and O–H groups in total. The zero-order valence-corrected chi connectivity index (χ0v) is 16.8. The molecule has 1 aliphatic rings. The summed E-state index contributed by atoms with van der Waals surface area (Å²) in [6.07, 6.45) is 2.80. The third kappa shape index (κ3) is 4.95. The van der Waals surface area contributed by atoms with Gasteiger partial charge in [-0.3, -0.25) is 10.2 Å². The summed E-state index contributed by atoms with van der Waals surface area (Å²) < 4.78 is 11.8. The number of benzene rings is 2. The van der Waals surface area contributed by atoms with Gasteiger partial charge in [0.25, 0.3) is 5.91 Å². The van der Waals surface area contributed by atoms with Gasteiger partial charge >= 0.3 is 0 Å². The molecule has 3 rings (SSSR count). The molecule has 28 heavy (non-hydrogen) atoms. The number of amides is 1. The molecule has 2 aromatic rings. The molecule has 0 aliphatic carbocycles. The lowest BCUT2D eigenvalue weighted by atomic mass is 9.98. The van der Waals surface area contributed by atoms with E-state index in [4.69, 9.17) is 14.9 Å². The van der Waals surface area contributed by atoms with Crippen molar-refractivity contribution in [2.45, 2.75) is 26.2 Å². The topological polar surface area (TPSA) is 71.4 Å². The van der Waals surface area contributed by atoms with Crippen molar-refractivity contribution in [1.29, 1.82) is 5.41 Å². The molecule has 6 heteroatoms. The monoisotopic (exact) mass is 396 g/mol. The highest BCUT2D eigenvalue weighted by Crippen LogP contribution is 2.30. The fourth-order valence-electron chi connectivity index (χ4n) is 2.86. The Morgan fingerprint density at radius 1 is 1.07 bits per heavy atom. The van der Waals surface area contributed by atoms with Crippen molar-refractivity contribution in [2.24, 2.45) is 0 Å². The fourth-order valence-corrected chi connectivity index (χ4v) is 3.55. The van der Waals surface area contributed by atoms with Crippen molar-refractivity contribution in [3.8, 4) is 11.5 Å². The van der Waals surface area contributed by atoms with E-state index in [0.29, 0.717) is 29.8 Å². The fraction of sp³-hybridized carbons (Fsp3) is 0.273. The molecule has 0 radical (unpaired) electrons. The van der Waals surface area contributed by atoms with Crippen LogP contribution in [-0.4, -0.2) is 24.3 Å². The van der Waals surface area contributed by atoms with Crippen molar-refractivity contribution >= 4 is 28.9 Å². The number of hydrogen-bond acceptors (Lipinski definition) is 5. The minimum Gasteiger partial charge on any atom is -0.490 e. The summed E-state index contributed by atoms with van der Waals surface area (Å²) in [7, 11) is 0. The number of para-hydroxylation sites is 2. The van der Waals surface area contributed by atoms with Gasteiger partial charge in [0, 0.05) is 5.56 Å². The molecule has 1 fully saturated rings. The summed E-state index contributed by atoms with van der Waals surface area (Å²) in [5.41, 5.74) is 2.01. The van der Waals surface area contributed by atoms with Crippen molar-refractivity contribution < 1.29 is 14.3 Å². The predicted molar refractivity (Wildman–Crippen MR) is 114 cm³/mol. The molecular weight excluding hydrogens is 372 g/mol. The number of rotatable bonds is 8. The first-order chi connectivity index (χ1) is 13.6. The van der Waals surface area contributed by atoms with Crippen LogP contribution >= 0.6 is 11.8 Å². The van der Waals surface area contributed by atoms with Gasteiger partial charge in [0.2, 0.25) is 0 Å². The number of nitrogens with one attached hydrogen (secondary N) is 2. The van der Waals surface area contributed by atoms with Crippen LogP contribution in [-0.2, 0) is 4.79 Å². The second-order valence-corrected chi connectivity index (χ2v) is 7.53. The number of carbonyl (C=O) groups is 1. The molecule has 1 heterocycles. The van der Waals surface area contributed by atoms with Crippen molar-refractivity contribution in [3.63, 3.8) is 0 Å². The Morgan fingerprint density at radius 3 is 2.39 bits per heavy atom. The van der Waals surface area contributed by atoms with Crippen molar-refractivity contribution in [3.05, 3.63) is 64.6 Å². The quantitative estimate of drug-likeness (QED) is 0.497. The van der Waals surface area contributed by atoms with Gasteiger partial charge in [-0.2, -0.15) is 0 Å². The molecule has 1 aliphatic heterocycles. The maximum atomic E-state index is 11.8. The molecular formula is C22H24N2O3S. The average molecular weight is 397 g/mol. The van der Waals surface area contributed by atoms with E-state index in [1.807, 2.05) is 42.5 Å². The van der Waals surface area contributed by atoms with Crippen LogP contribution in [0.4, 0.5) is 0 Å². The molecule has 1 saturated heterocycles. The summed E-state index contributed by atoms with van der Waals surface area (Å²) in [5, 5.41) is 10.2. The summed E-state index contributed by atoms with van der Waals surface area (Å²) in [5.74, 6) is 1.77. The highest BCUT2D eigenvalue weighted by molar-refractivity contribution is 8.18. The minimum absolute atomic E-state index is 0.142. The molecule has 0 aromatic heterocycles. The van der Waals surface area contributed by atoms with Gasteiger partial charge in [0.1, 0.15) is 24.7 Å². The van der Waals surface area contributed by atoms with E-state index in [1.165, 1.54) is 5.56 Å². The van der Waals surface area contributed by atoms with Crippen molar-refractivity contribution in [2.75, 3.05) is 13.2 Å².